The Morgan fingerprint density at radius 1 is 1.14 bits per heavy atom. The van der Waals surface area contributed by atoms with Gasteiger partial charge in [0.25, 0.3) is 0 Å². The van der Waals surface area contributed by atoms with Gasteiger partial charge in [0.2, 0.25) is 0 Å². The number of aliphatic imine (C=N–C) groups is 1. The predicted molar refractivity (Wildman–Crippen MR) is 101 cm³/mol. The maximum Gasteiger partial charge on any atom is 0.422 e. The molecule has 0 radical (unpaired) electrons. The molecule has 0 fully saturated rings. The van der Waals surface area contributed by atoms with Crippen LogP contribution in [-0.2, 0) is 13.1 Å². The summed E-state index contributed by atoms with van der Waals surface area (Å²) in [5.74, 6) is 0.126. The molecule has 0 amide bonds. The van der Waals surface area contributed by atoms with Crippen LogP contribution in [0, 0.1) is 17.1 Å². The van der Waals surface area contributed by atoms with E-state index in [1.54, 1.807) is 12.1 Å². The molecule has 0 saturated carbocycles. The van der Waals surface area contributed by atoms with Gasteiger partial charge in [0.1, 0.15) is 11.6 Å². The minimum absolute atomic E-state index is 0.118. The monoisotopic (exact) mass is 408 g/mol. The Labute approximate surface area is 166 Å². The molecule has 0 unspecified atom stereocenters. The van der Waals surface area contributed by atoms with Gasteiger partial charge in [0.05, 0.1) is 18.2 Å². The zero-order valence-electron chi connectivity index (χ0n) is 15.7. The molecule has 9 heteroatoms. The number of nitrogens with zero attached hydrogens (tertiary/aromatic N) is 2. The van der Waals surface area contributed by atoms with Crippen molar-refractivity contribution >= 4 is 5.96 Å². The van der Waals surface area contributed by atoms with Crippen molar-refractivity contribution < 1.29 is 22.3 Å². The lowest BCUT2D eigenvalue weighted by Crippen LogP contribution is -2.37. The fourth-order valence-corrected chi connectivity index (χ4v) is 2.33. The van der Waals surface area contributed by atoms with Gasteiger partial charge in [-0.3, -0.25) is 0 Å². The number of rotatable bonds is 7. The molecule has 0 aliphatic carbocycles. The Bertz CT molecular complexity index is 874. The molecule has 2 N–H and O–H groups in total. The third kappa shape index (κ3) is 7.70. The topological polar surface area (TPSA) is 69.4 Å². The first-order valence-electron chi connectivity index (χ1n) is 8.80. The molecule has 5 nitrogen and oxygen atoms in total. The average Bonchev–Trinajstić information content (AvgIpc) is 2.69. The molecular formula is C20H20F4N4O. The highest BCUT2D eigenvalue weighted by Crippen LogP contribution is 2.19. The molecule has 2 aromatic rings. The highest BCUT2D eigenvalue weighted by Gasteiger charge is 2.28. The Morgan fingerprint density at radius 3 is 2.48 bits per heavy atom. The van der Waals surface area contributed by atoms with Crippen molar-refractivity contribution in [3.63, 3.8) is 0 Å². The summed E-state index contributed by atoms with van der Waals surface area (Å²) in [6.45, 7) is 1.51. The van der Waals surface area contributed by atoms with Crippen molar-refractivity contribution in [3.05, 3.63) is 65.0 Å². The van der Waals surface area contributed by atoms with Gasteiger partial charge in [0.15, 0.2) is 12.6 Å². The molecule has 154 valence electrons. The molecule has 0 aromatic heterocycles. The van der Waals surface area contributed by atoms with Crippen molar-refractivity contribution in [3.8, 4) is 11.8 Å². The summed E-state index contributed by atoms with van der Waals surface area (Å²) in [5.41, 5.74) is 1.46. The predicted octanol–water partition coefficient (Wildman–Crippen LogP) is 3.89. The number of nitriles is 1. The third-order valence-corrected chi connectivity index (χ3v) is 3.71. The van der Waals surface area contributed by atoms with Crippen LogP contribution >= 0.6 is 0 Å². The molecule has 0 bridgehead atoms. The normalized spacial score (nSPS) is 11.7. The van der Waals surface area contributed by atoms with Crippen LogP contribution in [0.25, 0.3) is 0 Å². The molecule has 2 aromatic carbocycles. The summed E-state index contributed by atoms with van der Waals surface area (Å²) >= 11 is 0. The first kappa shape index (κ1) is 22.0. The minimum atomic E-state index is -4.39. The van der Waals surface area contributed by atoms with E-state index in [1.807, 2.05) is 13.0 Å². The van der Waals surface area contributed by atoms with Crippen molar-refractivity contribution in [2.24, 2.45) is 4.99 Å². The minimum Gasteiger partial charge on any atom is -0.484 e. The van der Waals surface area contributed by atoms with E-state index in [9.17, 15) is 17.6 Å². The van der Waals surface area contributed by atoms with Gasteiger partial charge in [-0.25, -0.2) is 9.38 Å². The van der Waals surface area contributed by atoms with Gasteiger partial charge in [-0.05, 0) is 42.8 Å². The molecule has 0 aliphatic rings. The number of ether oxygens (including phenoxy) is 1. The van der Waals surface area contributed by atoms with Crippen LogP contribution in [0.2, 0.25) is 0 Å². The SMILES string of the molecule is CCNC(=NCc1ccc(OCC(F)(F)F)cc1)NCc1cc(C#N)ccc1F. The van der Waals surface area contributed by atoms with Gasteiger partial charge in [0, 0.05) is 18.7 Å². The van der Waals surface area contributed by atoms with Crippen molar-refractivity contribution in [1.82, 2.24) is 10.6 Å². The molecule has 2 rings (SSSR count). The second kappa shape index (κ2) is 10.3. The zero-order chi connectivity index (χ0) is 21.3. The summed E-state index contributed by atoms with van der Waals surface area (Å²) in [6, 6.07) is 12.2. The van der Waals surface area contributed by atoms with E-state index in [1.165, 1.54) is 30.3 Å². The van der Waals surface area contributed by atoms with Crippen LogP contribution in [-0.4, -0.2) is 25.3 Å². The number of hydrogen-bond donors (Lipinski definition) is 2. The largest absolute Gasteiger partial charge is 0.484 e. The summed E-state index contributed by atoms with van der Waals surface area (Å²) < 4.78 is 55.0. The molecule has 0 spiro atoms. The Balaban J connectivity index is 1.97. The molecule has 0 saturated heterocycles. The van der Waals surface area contributed by atoms with Crippen molar-refractivity contribution in [2.45, 2.75) is 26.2 Å². The maximum absolute atomic E-state index is 13.9. The molecular weight excluding hydrogens is 388 g/mol. The summed E-state index contributed by atoms with van der Waals surface area (Å²) in [6.07, 6.45) is -4.39. The van der Waals surface area contributed by atoms with Crippen molar-refractivity contribution in [1.29, 1.82) is 5.26 Å². The van der Waals surface area contributed by atoms with E-state index in [0.717, 1.165) is 5.56 Å². The average molecular weight is 408 g/mol. The standard InChI is InChI=1S/C20H20F4N4O/c1-2-26-19(28-12-16-9-15(10-25)5-8-18(16)21)27-11-14-3-6-17(7-4-14)29-13-20(22,23)24/h3-9H,2,11-13H2,1H3,(H2,26,27,28). The van der Waals surface area contributed by atoms with Crippen LogP contribution in [0.4, 0.5) is 17.6 Å². The summed E-state index contributed by atoms with van der Waals surface area (Å²) in [5, 5.41) is 14.9. The Hall–Kier alpha value is -3.28. The lowest BCUT2D eigenvalue weighted by atomic mass is 10.1. The molecule has 0 aliphatic heterocycles. The van der Waals surface area contributed by atoms with E-state index >= 15 is 0 Å². The van der Waals surface area contributed by atoms with E-state index < -0.39 is 18.6 Å². The lowest BCUT2D eigenvalue weighted by Gasteiger charge is -2.12. The van der Waals surface area contributed by atoms with Crippen LogP contribution in [0.15, 0.2) is 47.5 Å². The third-order valence-electron chi connectivity index (χ3n) is 3.71. The second-order valence-corrected chi connectivity index (χ2v) is 6.01. The Morgan fingerprint density at radius 2 is 1.86 bits per heavy atom. The lowest BCUT2D eigenvalue weighted by molar-refractivity contribution is -0.153. The quantitative estimate of drug-likeness (QED) is 0.414. The maximum atomic E-state index is 13.9. The van der Waals surface area contributed by atoms with Crippen LogP contribution in [0.1, 0.15) is 23.6 Å². The highest BCUT2D eigenvalue weighted by molar-refractivity contribution is 5.79. The van der Waals surface area contributed by atoms with E-state index in [0.29, 0.717) is 23.6 Å². The molecule has 0 atom stereocenters. The fourth-order valence-electron chi connectivity index (χ4n) is 2.33. The van der Waals surface area contributed by atoms with Crippen molar-refractivity contribution in [2.75, 3.05) is 13.2 Å². The van der Waals surface area contributed by atoms with E-state index in [4.69, 9.17) is 5.26 Å². The highest BCUT2D eigenvalue weighted by atomic mass is 19.4. The van der Waals surface area contributed by atoms with Gasteiger partial charge in [-0.15, -0.1) is 0 Å². The number of alkyl halides is 3. The molecule has 0 heterocycles. The van der Waals surface area contributed by atoms with Gasteiger partial charge in [-0.1, -0.05) is 12.1 Å². The number of guanidine groups is 1. The van der Waals surface area contributed by atoms with E-state index in [2.05, 4.69) is 20.4 Å². The van der Waals surface area contributed by atoms with E-state index in [-0.39, 0.29) is 18.8 Å². The number of nitrogens with one attached hydrogen (secondary N) is 2. The van der Waals surface area contributed by atoms with Gasteiger partial charge < -0.3 is 15.4 Å². The second-order valence-electron chi connectivity index (χ2n) is 6.01. The smallest absolute Gasteiger partial charge is 0.422 e. The number of benzene rings is 2. The molecule has 29 heavy (non-hydrogen) atoms. The number of hydrogen-bond acceptors (Lipinski definition) is 3. The van der Waals surface area contributed by atoms with Crippen LogP contribution < -0.4 is 15.4 Å². The first-order valence-corrected chi connectivity index (χ1v) is 8.80. The van der Waals surface area contributed by atoms with Gasteiger partial charge in [-0.2, -0.15) is 18.4 Å². The Kier molecular flexibility index (Phi) is 7.83. The van der Waals surface area contributed by atoms with Crippen LogP contribution in [0.3, 0.4) is 0 Å². The zero-order valence-corrected chi connectivity index (χ0v) is 15.7. The van der Waals surface area contributed by atoms with Crippen LogP contribution in [0.5, 0.6) is 5.75 Å². The summed E-state index contributed by atoms with van der Waals surface area (Å²) in [4.78, 5) is 4.37. The summed E-state index contributed by atoms with van der Waals surface area (Å²) in [7, 11) is 0. The first-order chi connectivity index (χ1) is 13.8. The van der Waals surface area contributed by atoms with Gasteiger partial charge >= 0.3 is 6.18 Å². The number of halogens is 4. The fraction of sp³-hybridized carbons (Fsp3) is 0.300.